The summed E-state index contributed by atoms with van der Waals surface area (Å²) in [4.78, 5) is 26.0. The van der Waals surface area contributed by atoms with Crippen LogP contribution in [0, 0.1) is 0 Å². The van der Waals surface area contributed by atoms with Crippen LogP contribution in [0.5, 0.6) is 0 Å². The van der Waals surface area contributed by atoms with Crippen molar-refractivity contribution in [1.82, 2.24) is 15.3 Å². The minimum absolute atomic E-state index is 0.344. The van der Waals surface area contributed by atoms with Gasteiger partial charge in [-0.25, -0.2) is 5.48 Å². The van der Waals surface area contributed by atoms with Crippen LogP contribution in [0.3, 0.4) is 0 Å². The summed E-state index contributed by atoms with van der Waals surface area (Å²) >= 11 is 0. The summed E-state index contributed by atoms with van der Waals surface area (Å²) in [5.74, 6) is -1.13. The topological polar surface area (TPSA) is 99.2 Å². The fourth-order valence-electron chi connectivity index (χ4n) is 0.770. The van der Waals surface area contributed by atoms with Crippen LogP contribution in [-0.4, -0.2) is 28.2 Å². The number of hydrogen-bond acceptors (Lipinski definition) is 4. The highest BCUT2D eigenvalue weighted by Crippen LogP contribution is 1.94. The minimum atomic E-state index is -0.656. The first kappa shape index (κ1) is 10.2. The van der Waals surface area contributed by atoms with E-state index in [0.29, 0.717) is 5.56 Å². The van der Waals surface area contributed by atoms with Gasteiger partial charge in [0, 0.05) is 13.2 Å². The van der Waals surface area contributed by atoms with Gasteiger partial charge in [-0.2, -0.15) is 5.10 Å². The molecule has 0 fully saturated rings. The first-order chi connectivity index (χ1) is 6.59. The lowest BCUT2D eigenvalue weighted by molar-refractivity contribution is -0.124. The predicted molar refractivity (Wildman–Crippen MR) is 45.8 cm³/mol. The Morgan fingerprint density at radius 3 is 2.93 bits per heavy atom. The van der Waals surface area contributed by atoms with Crippen molar-refractivity contribution in [2.75, 3.05) is 6.61 Å². The fourth-order valence-corrected chi connectivity index (χ4v) is 0.770. The Balaban J connectivity index is 2.39. The number of nitrogens with zero attached hydrogens (tertiary/aromatic N) is 2. The molecule has 0 spiro atoms. The van der Waals surface area contributed by atoms with Crippen LogP contribution in [-0.2, 0) is 16.7 Å². The van der Waals surface area contributed by atoms with E-state index in [1.807, 2.05) is 0 Å². The molecule has 0 saturated carbocycles. The smallest absolute Gasteiger partial charge is 0.278 e. The third kappa shape index (κ3) is 2.87. The molecule has 0 aliphatic heterocycles. The molecular weight excluding hydrogens is 188 g/mol. The van der Waals surface area contributed by atoms with Gasteiger partial charge in [0.2, 0.25) is 5.91 Å². The lowest BCUT2D eigenvalue weighted by atomic mass is 10.3. The summed E-state index contributed by atoms with van der Waals surface area (Å²) < 4.78 is 1.48. The van der Waals surface area contributed by atoms with Crippen molar-refractivity contribution in [2.24, 2.45) is 12.8 Å². The molecule has 1 aromatic heterocycles. The molecule has 1 aromatic rings. The lowest BCUT2D eigenvalue weighted by Crippen LogP contribution is -2.29. The van der Waals surface area contributed by atoms with Crippen molar-refractivity contribution in [3.05, 3.63) is 18.0 Å². The number of aryl methyl sites for hydroxylation is 1. The maximum atomic E-state index is 11.2. The van der Waals surface area contributed by atoms with Gasteiger partial charge in [-0.1, -0.05) is 0 Å². The summed E-state index contributed by atoms with van der Waals surface area (Å²) in [7, 11) is 1.68. The van der Waals surface area contributed by atoms with Crippen LogP contribution in [0.25, 0.3) is 0 Å². The van der Waals surface area contributed by atoms with Gasteiger partial charge in [-0.3, -0.25) is 19.1 Å². The van der Waals surface area contributed by atoms with E-state index in [1.165, 1.54) is 17.1 Å². The third-order valence-electron chi connectivity index (χ3n) is 1.35. The second kappa shape index (κ2) is 4.38. The SMILES string of the molecule is Cn1cc(C(=O)NOCC(N)=O)cn1. The fraction of sp³-hybridized carbons (Fsp3) is 0.286. The highest BCUT2D eigenvalue weighted by molar-refractivity contribution is 5.93. The number of amides is 2. The molecule has 14 heavy (non-hydrogen) atoms. The normalized spacial score (nSPS) is 9.79. The van der Waals surface area contributed by atoms with E-state index in [-0.39, 0.29) is 6.61 Å². The molecule has 0 radical (unpaired) electrons. The van der Waals surface area contributed by atoms with E-state index >= 15 is 0 Å². The highest BCUT2D eigenvalue weighted by Gasteiger charge is 2.07. The number of hydrogen-bond donors (Lipinski definition) is 2. The van der Waals surface area contributed by atoms with Crippen LogP contribution in [0.4, 0.5) is 0 Å². The van der Waals surface area contributed by atoms with E-state index in [9.17, 15) is 9.59 Å². The Morgan fingerprint density at radius 1 is 1.71 bits per heavy atom. The lowest BCUT2D eigenvalue weighted by Gasteiger charge is -2.00. The molecule has 0 bridgehead atoms. The van der Waals surface area contributed by atoms with Gasteiger partial charge in [0.15, 0.2) is 6.61 Å². The molecular formula is C7H10N4O3. The van der Waals surface area contributed by atoms with Crippen molar-refractivity contribution in [3.63, 3.8) is 0 Å². The number of hydroxylamine groups is 1. The molecule has 0 aromatic carbocycles. The van der Waals surface area contributed by atoms with Gasteiger partial charge in [0.1, 0.15) is 0 Å². The molecule has 1 heterocycles. The summed E-state index contributed by atoms with van der Waals surface area (Å²) in [6, 6.07) is 0. The number of nitrogens with two attached hydrogens (primary N) is 1. The summed E-state index contributed by atoms with van der Waals surface area (Å²) in [5, 5.41) is 3.79. The van der Waals surface area contributed by atoms with Gasteiger partial charge >= 0.3 is 0 Å². The zero-order valence-electron chi connectivity index (χ0n) is 7.56. The average Bonchev–Trinajstić information content (AvgIpc) is 2.51. The van der Waals surface area contributed by atoms with E-state index in [1.54, 1.807) is 7.05 Å². The number of aromatic nitrogens is 2. The quantitative estimate of drug-likeness (QED) is 0.579. The molecule has 7 heteroatoms. The third-order valence-corrected chi connectivity index (χ3v) is 1.35. The summed E-state index contributed by atoms with van der Waals surface area (Å²) in [6.07, 6.45) is 2.89. The molecule has 7 nitrogen and oxygen atoms in total. The number of carbonyl (C=O) groups excluding carboxylic acids is 2. The van der Waals surface area contributed by atoms with Gasteiger partial charge < -0.3 is 5.73 Å². The van der Waals surface area contributed by atoms with Gasteiger partial charge in [0.05, 0.1) is 11.8 Å². The predicted octanol–water partition coefficient (Wildman–Crippen LogP) is -1.43. The molecule has 0 aliphatic rings. The molecule has 1 rings (SSSR count). The van der Waals surface area contributed by atoms with E-state index < -0.39 is 11.8 Å². The van der Waals surface area contributed by atoms with Crippen LogP contribution < -0.4 is 11.2 Å². The molecule has 3 N–H and O–H groups in total. The maximum Gasteiger partial charge on any atom is 0.278 e. The zero-order chi connectivity index (χ0) is 10.6. The molecule has 76 valence electrons. The van der Waals surface area contributed by atoms with E-state index in [4.69, 9.17) is 5.73 Å². The first-order valence-electron chi connectivity index (χ1n) is 3.78. The molecule has 0 aliphatic carbocycles. The second-order valence-electron chi connectivity index (χ2n) is 2.59. The van der Waals surface area contributed by atoms with Crippen molar-refractivity contribution >= 4 is 11.8 Å². The first-order valence-corrected chi connectivity index (χ1v) is 3.78. The Morgan fingerprint density at radius 2 is 2.43 bits per heavy atom. The van der Waals surface area contributed by atoms with Gasteiger partial charge in [0.25, 0.3) is 5.91 Å². The highest BCUT2D eigenvalue weighted by atomic mass is 16.7. The Bertz CT molecular complexity index is 346. The summed E-state index contributed by atoms with van der Waals surface area (Å²) in [5.41, 5.74) is 7.18. The number of primary amides is 1. The minimum Gasteiger partial charge on any atom is -0.368 e. The van der Waals surface area contributed by atoms with Crippen molar-refractivity contribution < 1.29 is 14.4 Å². The largest absolute Gasteiger partial charge is 0.368 e. The van der Waals surface area contributed by atoms with Crippen LogP contribution in [0.15, 0.2) is 12.4 Å². The van der Waals surface area contributed by atoms with E-state index in [2.05, 4.69) is 15.4 Å². The molecule has 0 saturated heterocycles. The summed E-state index contributed by atoms with van der Waals surface area (Å²) in [6.45, 7) is -0.355. The number of nitrogens with one attached hydrogen (secondary N) is 1. The van der Waals surface area contributed by atoms with E-state index in [0.717, 1.165) is 0 Å². The van der Waals surface area contributed by atoms with Gasteiger partial charge in [-0.15, -0.1) is 0 Å². The molecule has 2 amide bonds. The van der Waals surface area contributed by atoms with Crippen molar-refractivity contribution in [2.45, 2.75) is 0 Å². The van der Waals surface area contributed by atoms with Crippen molar-refractivity contribution in [3.8, 4) is 0 Å². The monoisotopic (exact) mass is 198 g/mol. The van der Waals surface area contributed by atoms with Crippen molar-refractivity contribution in [1.29, 1.82) is 0 Å². The number of rotatable bonds is 4. The average molecular weight is 198 g/mol. The zero-order valence-corrected chi connectivity index (χ0v) is 7.56. The van der Waals surface area contributed by atoms with Crippen LogP contribution in [0.1, 0.15) is 10.4 Å². The Labute approximate surface area is 79.8 Å². The maximum absolute atomic E-state index is 11.2. The molecule has 0 unspecified atom stereocenters. The van der Waals surface area contributed by atoms with Crippen LogP contribution >= 0.6 is 0 Å². The Hall–Kier alpha value is -1.89. The van der Waals surface area contributed by atoms with Crippen LogP contribution in [0.2, 0.25) is 0 Å². The molecule has 0 atom stereocenters. The Kier molecular flexibility index (Phi) is 3.19. The second-order valence-corrected chi connectivity index (χ2v) is 2.59. The number of carbonyl (C=O) groups is 2. The standard InChI is InChI=1S/C7H10N4O3/c1-11-3-5(2-9-11)7(13)10-14-4-6(8)12/h2-3H,4H2,1H3,(H2,8,12)(H,10,13). The van der Waals surface area contributed by atoms with Gasteiger partial charge in [-0.05, 0) is 0 Å².